The molecule has 0 unspecified atom stereocenters. The maximum Gasteiger partial charge on any atom is 0.193 e. The van der Waals surface area contributed by atoms with Crippen molar-refractivity contribution in [1.29, 1.82) is 0 Å². The first kappa shape index (κ1) is 17.6. The number of carbonyl (C=O) groups is 1. The number of aryl methyl sites for hydroxylation is 2. The molecule has 0 aliphatic heterocycles. The van der Waals surface area contributed by atoms with E-state index >= 15 is 0 Å². The molecule has 0 aliphatic rings. The van der Waals surface area contributed by atoms with Gasteiger partial charge in [0.15, 0.2) is 5.78 Å². The summed E-state index contributed by atoms with van der Waals surface area (Å²) >= 11 is 3.51. The predicted molar refractivity (Wildman–Crippen MR) is 94.2 cm³/mol. The molecule has 0 saturated carbocycles. The number of hydrogen-bond donors (Lipinski definition) is 0. The number of ketones is 1. The van der Waals surface area contributed by atoms with E-state index in [2.05, 4.69) is 22.9 Å². The standard InChI is InChI=1S/C17H17BrO.C2H6/c1-4-13-5-7-14(8-6-13)17(19)15-9-11(2)10-16(18)12(15)3;1-2/h5-10H,4H2,1-3H3;1-2H3. The molecule has 0 N–H and O–H groups in total. The molecule has 0 atom stereocenters. The van der Waals surface area contributed by atoms with E-state index in [0.717, 1.165) is 33.1 Å². The Hall–Kier alpha value is -1.41. The number of carbonyl (C=O) groups excluding carboxylic acids is 1. The molecule has 1 nitrogen and oxygen atoms in total. The van der Waals surface area contributed by atoms with Crippen molar-refractivity contribution in [2.45, 2.75) is 41.0 Å². The van der Waals surface area contributed by atoms with Crippen molar-refractivity contribution in [3.05, 3.63) is 68.7 Å². The van der Waals surface area contributed by atoms with Gasteiger partial charge in [-0.1, -0.05) is 61.0 Å². The van der Waals surface area contributed by atoms with E-state index < -0.39 is 0 Å². The van der Waals surface area contributed by atoms with Crippen LogP contribution in [0.1, 0.15) is 53.4 Å². The Morgan fingerprint density at radius 3 is 2.14 bits per heavy atom. The number of rotatable bonds is 3. The molecule has 0 fully saturated rings. The third kappa shape index (κ3) is 4.28. The Kier molecular flexibility index (Phi) is 6.83. The van der Waals surface area contributed by atoms with Crippen molar-refractivity contribution in [2.75, 3.05) is 0 Å². The first-order valence-corrected chi connectivity index (χ1v) is 8.22. The third-order valence-corrected chi connectivity index (χ3v) is 4.18. The van der Waals surface area contributed by atoms with Crippen LogP contribution in [-0.4, -0.2) is 5.78 Å². The quantitative estimate of drug-likeness (QED) is 0.633. The van der Waals surface area contributed by atoms with Crippen LogP contribution in [0, 0.1) is 13.8 Å². The fraction of sp³-hybridized carbons (Fsp3) is 0.316. The molecule has 0 saturated heterocycles. The Labute approximate surface area is 136 Å². The van der Waals surface area contributed by atoms with Crippen molar-refractivity contribution in [2.24, 2.45) is 0 Å². The van der Waals surface area contributed by atoms with Crippen LogP contribution in [0.4, 0.5) is 0 Å². The van der Waals surface area contributed by atoms with Crippen LogP contribution in [0.3, 0.4) is 0 Å². The van der Waals surface area contributed by atoms with Crippen molar-refractivity contribution >= 4 is 21.7 Å². The van der Waals surface area contributed by atoms with Crippen molar-refractivity contribution in [1.82, 2.24) is 0 Å². The van der Waals surface area contributed by atoms with Gasteiger partial charge in [0.2, 0.25) is 0 Å². The molecule has 2 aromatic rings. The average molecular weight is 347 g/mol. The highest BCUT2D eigenvalue weighted by Crippen LogP contribution is 2.24. The minimum Gasteiger partial charge on any atom is -0.289 e. The zero-order valence-electron chi connectivity index (χ0n) is 13.5. The normalized spacial score (nSPS) is 9.81. The van der Waals surface area contributed by atoms with E-state index in [0.29, 0.717) is 0 Å². The molecule has 2 aromatic carbocycles. The molecular weight excluding hydrogens is 324 g/mol. The molecule has 112 valence electrons. The summed E-state index contributed by atoms with van der Waals surface area (Å²) in [5.74, 6) is 0.0875. The molecule has 0 radical (unpaired) electrons. The molecule has 0 amide bonds. The van der Waals surface area contributed by atoms with Crippen molar-refractivity contribution in [3.63, 3.8) is 0 Å². The van der Waals surface area contributed by atoms with Gasteiger partial charge in [0.05, 0.1) is 0 Å². The number of benzene rings is 2. The van der Waals surface area contributed by atoms with Gasteiger partial charge in [0, 0.05) is 15.6 Å². The molecule has 0 bridgehead atoms. The summed E-state index contributed by atoms with van der Waals surface area (Å²) in [6.45, 7) is 10.1. The zero-order chi connectivity index (χ0) is 16.0. The van der Waals surface area contributed by atoms with Crippen LogP contribution in [0.15, 0.2) is 40.9 Å². The highest BCUT2D eigenvalue weighted by Gasteiger charge is 2.14. The molecular formula is C19H23BrO. The molecule has 0 aliphatic carbocycles. The number of halogens is 1. The highest BCUT2D eigenvalue weighted by atomic mass is 79.9. The lowest BCUT2D eigenvalue weighted by Gasteiger charge is -2.09. The Bertz CT molecular complexity index is 612. The topological polar surface area (TPSA) is 17.1 Å². The lowest BCUT2D eigenvalue weighted by Crippen LogP contribution is -2.05. The van der Waals surface area contributed by atoms with Crippen LogP contribution in [0.2, 0.25) is 0 Å². The van der Waals surface area contributed by atoms with Gasteiger partial charge in [-0.25, -0.2) is 0 Å². The summed E-state index contributed by atoms with van der Waals surface area (Å²) < 4.78 is 0.987. The summed E-state index contributed by atoms with van der Waals surface area (Å²) in [5, 5.41) is 0. The Morgan fingerprint density at radius 2 is 1.62 bits per heavy atom. The van der Waals surface area contributed by atoms with Gasteiger partial charge in [-0.15, -0.1) is 0 Å². The van der Waals surface area contributed by atoms with Crippen LogP contribution in [-0.2, 0) is 6.42 Å². The first-order valence-electron chi connectivity index (χ1n) is 7.43. The van der Waals surface area contributed by atoms with E-state index in [4.69, 9.17) is 0 Å². The number of hydrogen-bond acceptors (Lipinski definition) is 1. The van der Waals surface area contributed by atoms with Gasteiger partial charge < -0.3 is 0 Å². The van der Waals surface area contributed by atoms with Crippen LogP contribution in [0.5, 0.6) is 0 Å². The fourth-order valence-electron chi connectivity index (χ4n) is 2.10. The monoisotopic (exact) mass is 346 g/mol. The zero-order valence-corrected chi connectivity index (χ0v) is 15.0. The van der Waals surface area contributed by atoms with Crippen molar-refractivity contribution in [3.8, 4) is 0 Å². The largest absolute Gasteiger partial charge is 0.289 e. The van der Waals surface area contributed by atoms with E-state index in [1.807, 2.05) is 64.1 Å². The second-order valence-electron chi connectivity index (χ2n) is 4.80. The van der Waals surface area contributed by atoms with E-state index in [1.54, 1.807) is 0 Å². The van der Waals surface area contributed by atoms with Gasteiger partial charge in [0.1, 0.15) is 0 Å². The molecule has 0 aromatic heterocycles. The molecule has 0 spiro atoms. The summed E-state index contributed by atoms with van der Waals surface area (Å²) in [6, 6.07) is 11.9. The Balaban J connectivity index is 0.00000106. The van der Waals surface area contributed by atoms with Crippen molar-refractivity contribution < 1.29 is 4.79 Å². The molecule has 0 heterocycles. The molecule has 2 heteroatoms. The van der Waals surface area contributed by atoms with Gasteiger partial charge in [-0.3, -0.25) is 4.79 Å². The summed E-state index contributed by atoms with van der Waals surface area (Å²) in [7, 11) is 0. The second kappa shape index (κ2) is 8.14. The van der Waals surface area contributed by atoms with Gasteiger partial charge in [0.25, 0.3) is 0 Å². The summed E-state index contributed by atoms with van der Waals surface area (Å²) in [5.41, 5.74) is 4.86. The summed E-state index contributed by atoms with van der Waals surface area (Å²) in [4.78, 5) is 12.6. The predicted octanol–water partition coefficient (Wildman–Crippen LogP) is 5.89. The van der Waals surface area contributed by atoms with E-state index in [9.17, 15) is 4.79 Å². The molecule has 2 rings (SSSR count). The Morgan fingerprint density at radius 1 is 1.05 bits per heavy atom. The average Bonchev–Trinajstić information content (AvgIpc) is 2.52. The maximum atomic E-state index is 12.6. The smallest absolute Gasteiger partial charge is 0.193 e. The third-order valence-electron chi connectivity index (χ3n) is 3.36. The van der Waals surface area contributed by atoms with Crippen LogP contribution < -0.4 is 0 Å². The minimum atomic E-state index is 0.0875. The second-order valence-corrected chi connectivity index (χ2v) is 5.65. The van der Waals surface area contributed by atoms with Crippen LogP contribution in [0.25, 0.3) is 0 Å². The fourth-order valence-corrected chi connectivity index (χ4v) is 2.67. The first-order chi connectivity index (χ1) is 10.0. The summed E-state index contributed by atoms with van der Waals surface area (Å²) in [6.07, 6.45) is 0.990. The SMILES string of the molecule is CC.CCc1ccc(C(=O)c2cc(C)cc(Br)c2C)cc1. The van der Waals surface area contributed by atoms with Gasteiger partial charge in [-0.05, 0) is 49.1 Å². The van der Waals surface area contributed by atoms with Gasteiger partial charge in [-0.2, -0.15) is 0 Å². The highest BCUT2D eigenvalue weighted by molar-refractivity contribution is 9.10. The van der Waals surface area contributed by atoms with E-state index in [-0.39, 0.29) is 5.78 Å². The van der Waals surface area contributed by atoms with E-state index in [1.165, 1.54) is 5.56 Å². The molecule has 21 heavy (non-hydrogen) atoms. The lowest BCUT2D eigenvalue weighted by atomic mass is 9.96. The lowest BCUT2D eigenvalue weighted by molar-refractivity contribution is 0.103. The minimum absolute atomic E-state index is 0.0875. The van der Waals surface area contributed by atoms with Gasteiger partial charge >= 0.3 is 0 Å². The van der Waals surface area contributed by atoms with Crippen LogP contribution >= 0.6 is 15.9 Å². The maximum absolute atomic E-state index is 12.6.